The lowest BCUT2D eigenvalue weighted by molar-refractivity contribution is 0.311. The topological polar surface area (TPSA) is 46.8 Å². The molecule has 0 amide bonds. The monoisotopic (exact) mass is 307 g/mol. The Kier molecular flexibility index (Phi) is 3.69. The molecule has 0 aliphatic heterocycles. The highest BCUT2D eigenvalue weighted by atomic mass is 35.5. The first kappa shape index (κ1) is 13.5. The summed E-state index contributed by atoms with van der Waals surface area (Å²) in [6, 6.07) is 1.95. The molecule has 0 unspecified atom stereocenters. The first-order chi connectivity index (χ1) is 9.61. The molecule has 3 rings (SSSR count). The third-order valence-electron chi connectivity index (χ3n) is 2.95. The van der Waals surface area contributed by atoms with E-state index in [4.69, 9.17) is 11.6 Å². The molecule has 0 saturated heterocycles. The van der Waals surface area contributed by atoms with E-state index in [1.54, 1.807) is 16.0 Å². The number of halogens is 1. The van der Waals surface area contributed by atoms with Crippen molar-refractivity contribution in [2.75, 3.05) is 7.05 Å². The number of aromatic nitrogens is 4. The van der Waals surface area contributed by atoms with E-state index in [0.717, 1.165) is 22.6 Å². The lowest BCUT2D eigenvalue weighted by Crippen LogP contribution is -2.18. The fourth-order valence-corrected chi connectivity index (χ4v) is 3.18. The second kappa shape index (κ2) is 5.47. The van der Waals surface area contributed by atoms with E-state index >= 15 is 0 Å². The highest BCUT2D eigenvalue weighted by Gasteiger charge is 2.10. The van der Waals surface area contributed by atoms with Crippen LogP contribution in [0.3, 0.4) is 0 Å². The largest absolute Gasteiger partial charge is 0.295 e. The molecule has 3 aromatic rings. The van der Waals surface area contributed by atoms with Crippen LogP contribution in [-0.2, 0) is 20.1 Å². The fraction of sp³-hybridized carbons (Fsp3) is 0.308. The second-order valence-electron chi connectivity index (χ2n) is 4.76. The van der Waals surface area contributed by atoms with Crippen LogP contribution in [0, 0.1) is 0 Å². The quantitative estimate of drug-likeness (QED) is 0.695. The lowest BCUT2D eigenvalue weighted by atomic mass is 10.3. The van der Waals surface area contributed by atoms with Crippen molar-refractivity contribution in [3.8, 4) is 0 Å². The van der Waals surface area contributed by atoms with Crippen molar-refractivity contribution in [1.82, 2.24) is 24.6 Å². The zero-order valence-electron chi connectivity index (χ0n) is 11.2. The van der Waals surface area contributed by atoms with Crippen molar-refractivity contribution in [2.45, 2.75) is 13.1 Å². The van der Waals surface area contributed by atoms with E-state index in [9.17, 15) is 0 Å². The molecule has 3 heterocycles. The molecular formula is C13H14ClN5S. The molecule has 0 aliphatic rings. The van der Waals surface area contributed by atoms with Crippen LogP contribution in [0.4, 0.5) is 0 Å². The van der Waals surface area contributed by atoms with E-state index in [1.165, 1.54) is 5.56 Å². The van der Waals surface area contributed by atoms with Gasteiger partial charge < -0.3 is 0 Å². The smallest absolute Gasteiger partial charge is 0.145 e. The molecule has 20 heavy (non-hydrogen) atoms. The van der Waals surface area contributed by atoms with Crippen molar-refractivity contribution in [3.63, 3.8) is 0 Å². The van der Waals surface area contributed by atoms with Gasteiger partial charge in [-0.15, -0.1) is 11.3 Å². The molecule has 0 N–H and O–H groups in total. The summed E-state index contributed by atoms with van der Waals surface area (Å²) in [4.78, 5) is 12.0. The maximum atomic E-state index is 6.17. The van der Waals surface area contributed by atoms with Crippen LogP contribution in [0.5, 0.6) is 0 Å². The van der Waals surface area contributed by atoms with Gasteiger partial charge in [-0.25, -0.2) is 9.97 Å². The van der Waals surface area contributed by atoms with Crippen LogP contribution in [0.15, 0.2) is 23.8 Å². The van der Waals surface area contributed by atoms with E-state index < -0.39 is 0 Å². The fourth-order valence-electron chi connectivity index (χ4n) is 2.09. The SMILES string of the molecule is CN(Cc1cnn(C)c1)Cc1nc(Cl)c2ccsc2n1. The Morgan fingerprint density at radius 2 is 2.20 bits per heavy atom. The molecule has 3 aromatic heterocycles. The normalized spacial score (nSPS) is 11.6. The van der Waals surface area contributed by atoms with Crippen molar-refractivity contribution >= 4 is 33.2 Å². The number of rotatable bonds is 4. The summed E-state index contributed by atoms with van der Waals surface area (Å²) in [6.45, 7) is 1.46. The van der Waals surface area contributed by atoms with Crippen LogP contribution in [-0.4, -0.2) is 31.7 Å². The summed E-state index contributed by atoms with van der Waals surface area (Å²) in [5.74, 6) is 0.747. The van der Waals surface area contributed by atoms with Gasteiger partial charge in [0.05, 0.1) is 12.7 Å². The van der Waals surface area contributed by atoms with Crippen LogP contribution in [0.1, 0.15) is 11.4 Å². The molecule has 0 aliphatic carbocycles. The first-order valence-electron chi connectivity index (χ1n) is 6.17. The van der Waals surface area contributed by atoms with Gasteiger partial charge in [0, 0.05) is 30.7 Å². The van der Waals surface area contributed by atoms with Gasteiger partial charge in [0.1, 0.15) is 15.8 Å². The van der Waals surface area contributed by atoms with E-state index in [-0.39, 0.29) is 0 Å². The Hall–Kier alpha value is -1.50. The zero-order chi connectivity index (χ0) is 14.1. The number of hydrogen-bond acceptors (Lipinski definition) is 5. The number of nitrogens with zero attached hydrogens (tertiary/aromatic N) is 5. The lowest BCUT2D eigenvalue weighted by Gasteiger charge is -2.14. The minimum Gasteiger partial charge on any atom is -0.295 e. The summed E-state index contributed by atoms with van der Waals surface area (Å²) in [6.07, 6.45) is 3.87. The van der Waals surface area contributed by atoms with Gasteiger partial charge in [-0.05, 0) is 18.5 Å². The molecule has 0 bridgehead atoms. The van der Waals surface area contributed by atoms with Gasteiger partial charge in [-0.3, -0.25) is 9.58 Å². The molecular weight excluding hydrogens is 294 g/mol. The maximum Gasteiger partial charge on any atom is 0.145 e. The molecule has 0 fully saturated rings. The maximum absolute atomic E-state index is 6.17. The summed E-state index contributed by atoms with van der Waals surface area (Å²) < 4.78 is 1.80. The highest BCUT2D eigenvalue weighted by Crippen LogP contribution is 2.25. The van der Waals surface area contributed by atoms with E-state index in [0.29, 0.717) is 11.7 Å². The Labute approximate surface area is 125 Å². The first-order valence-corrected chi connectivity index (χ1v) is 7.43. The third kappa shape index (κ3) is 2.82. The molecule has 0 atom stereocenters. The average Bonchev–Trinajstić information content (AvgIpc) is 2.98. The van der Waals surface area contributed by atoms with Crippen molar-refractivity contribution in [2.24, 2.45) is 7.05 Å². The number of thiophene rings is 1. The Bertz CT molecular complexity index is 735. The number of fused-ring (bicyclic) bond motifs is 1. The Morgan fingerprint density at radius 3 is 2.95 bits per heavy atom. The van der Waals surface area contributed by atoms with Crippen LogP contribution in [0.25, 0.3) is 10.2 Å². The van der Waals surface area contributed by atoms with Crippen LogP contribution < -0.4 is 0 Å². The van der Waals surface area contributed by atoms with Crippen LogP contribution in [0.2, 0.25) is 5.15 Å². The van der Waals surface area contributed by atoms with E-state index in [1.807, 2.05) is 37.9 Å². The molecule has 0 spiro atoms. The molecule has 0 aromatic carbocycles. The minimum absolute atomic E-state index is 0.529. The predicted octanol–water partition coefficient (Wildman–Crippen LogP) is 2.71. The van der Waals surface area contributed by atoms with Gasteiger partial charge in [-0.2, -0.15) is 5.10 Å². The highest BCUT2D eigenvalue weighted by molar-refractivity contribution is 7.16. The average molecular weight is 308 g/mol. The van der Waals surface area contributed by atoms with Crippen molar-refractivity contribution in [1.29, 1.82) is 0 Å². The van der Waals surface area contributed by atoms with Gasteiger partial charge in [0.15, 0.2) is 0 Å². The number of aryl methyl sites for hydroxylation is 1. The molecule has 104 valence electrons. The van der Waals surface area contributed by atoms with Gasteiger partial charge in [0.25, 0.3) is 0 Å². The zero-order valence-corrected chi connectivity index (χ0v) is 12.8. The van der Waals surface area contributed by atoms with Gasteiger partial charge in [0.2, 0.25) is 0 Å². The summed E-state index contributed by atoms with van der Waals surface area (Å²) in [7, 11) is 3.94. The van der Waals surface area contributed by atoms with Crippen LogP contribution >= 0.6 is 22.9 Å². The molecule has 7 heteroatoms. The standard InChI is InChI=1S/C13H14ClN5S/c1-18(6-9-5-15-19(2)7-9)8-11-16-12(14)10-3-4-20-13(10)17-11/h3-5,7H,6,8H2,1-2H3. The Balaban J connectivity index is 1.75. The number of hydrogen-bond donors (Lipinski definition) is 0. The van der Waals surface area contributed by atoms with Crippen molar-refractivity contribution in [3.05, 3.63) is 40.4 Å². The van der Waals surface area contributed by atoms with Crippen molar-refractivity contribution < 1.29 is 0 Å². The van der Waals surface area contributed by atoms with Gasteiger partial charge >= 0.3 is 0 Å². The molecule has 0 radical (unpaired) electrons. The summed E-state index contributed by atoms with van der Waals surface area (Å²) >= 11 is 7.76. The second-order valence-corrected chi connectivity index (χ2v) is 6.02. The third-order valence-corrected chi connectivity index (χ3v) is 4.04. The predicted molar refractivity (Wildman–Crippen MR) is 80.8 cm³/mol. The Morgan fingerprint density at radius 1 is 1.35 bits per heavy atom. The minimum atomic E-state index is 0.529. The van der Waals surface area contributed by atoms with Gasteiger partial charge in [-0.1, -0.05) is 11.6 Å². The molecule has 0 saturated carbocycles. The molecule has 5 nitrogen and oxygen atoms in total. The summed E-state index contributed by atoms with van der Waals surface area (Å²) in [5.41, 5.74) is 1.17. The summed E-state index contributed by atoms with van der Waals surface area (Å²) in [5, 5.41) is 7.60. The van der Waals surface area contributed by atoms with E-state index in [2.05, 4.69) is 20.0 Å².